The molecule has 1 aromatic rings. The molecule has 2 fully saturated rings. The second kappa shape index (κ2) is 9.95. The molecular weight excluding hydrogens is 402 g/mol. The summed E-state index contributed by atoms with van der Waals surface area (Å²) in [6.07, 6.45) is 22.7. The van der Waals surface area contributed by atoms with Crippen LogP contribution in [0, 0.1) is 23.2 Å². The highest BCUT2D eigenvalue weighted by Gasteiger charge is 2.42. The number of allylic oxidation sites excluding steroid dienone is 5. The maximum atomic E-state index is 12.8. The molecule has 0 radical (unpaired) electrons. The Balaban J connectivity index is 0.00000152. The zero-order chi connectivity index (χ0) is 22.7. The Morgan fingerprint density at radius 2 is 1.94 bits per heavy atom. The van der Waals surface area contributed by atoms with E-state index in [-0.39, 0.29) is 4.28 Å². The Labute approximate surface area is 204 Å². The van der Waals surface area contributed by atoms with E-state index in [2.05, 4.69) is 43.5 Å². The Hall–Kier alpha value is -2.22. The maximum Gasteiger partial charge on any atom is 0.137 e. The third-order valence-electron chi connectivity index (χ3n) is 8.91. The van der Waals surface area contributed by atoms with E-state index >= 15 is 0 Å². The summed E-state index contributed by atoms with van der Waals surface area (Å²) < 4.78 is 0. The monoisotopic (exact) mass is 447 g/mol. The first-order chi connectivity index (χ1) is 16.1. The summed E-state index contributed by atoms with van der Waals surface area (Å²) in [4.78, 5) is 17.8. The van der Waals surface area contributed by atoms with Crippen molar-refractivity contribution in [2.75, 3.05) is 0 Å². The Morgan fingerprint density at radius 3 is 2.82 bits per heavy atom. The molecule has 2 nitrogen and oxygen atoms in total. The molecule has 0 aromatic heterocycles. The van der Waals surface area contributed by atoms with Crippen molar-refractivity contribution in [2.45, 2.75) is 84.0 Å². The van der Waals surface area contributed by atoms with Crippen LogP contribution >= 0.6 is 0 Å². The molecule has 0 N–H and O–H groups in total. The molecule has 3 aliphatic carbocycles. The van der Waals surface area contributed by atoms with Crippen LogP contribution in [0.5, 0.6) is 0 Å². The van der Waals surface area contributed by atoms with Gasteiger partial charge < -0.3 is 0 Å². The van der Waals surface area contributed by atoms with Gasteiger partial charge in [0, 0.05) is 29.2 Å². The largest absolute Gasteiger partial charge is 0.299 e. The maximum absolute atomic E-state index is 12.8. The number of Topliss-reactive ketones (excluding diaryl/α,β-unsaturated/α-hetero) is 1. The van der Waals surface area contributed by atoms with E-state index in [1.54, 1.807) is 5.57 Å². The van der Waals surface area contributed by atoms with Crippen molar-refractivity contribution < 1.29 is 9.07 Å². The zero-order valence-electron chi connectivity index (χ0n) is 20.3. The number of benzene rings is 1. The number of rotatable bonds is 6. The van der Waals surface area contributed by atoms with Gasteiger partial charge in [-0.25, -0.2) is 0 Å². The van der Waals surface area contributed by atoms with E-state index in [9.17, 15) is 4.79 Å². The molecule has 1 heterocycles. The summed E-state index contributed by atoms with van der Waals surface area (Å²) in [5, 5.41) is 0. The summed E-state index contributed by atoms with van der Waals surface area (Å²) in [5.41, 5.74) is 5.91. The first-order valence-electron chi connectivity index (χ1n) is 13.3. The van der Waals surface area contributed by atoms with E-state index < -0.39 is 0 Å². The molecule has 1 aromatic carbocycles. The van der Waals surface area contributed by atoms with Gasteiger partial charge in [-0.05, 0) is 79.8 Å². The average Bonchev–Trinajstić information content (AvgIpc) is 3.19. The normalized spacial score (nSPS) is 31.8. The van der Waals surface area contributed by atoms with Gasteiger partial charge in [0.2, 0.25) is 0 Å². The van der Waals surface area contributed by atoms with Crippen LogP contribution < -0.4 is 0 Å². The topological polar surface area (TPSA) is 29.4 Å². The number of carbonyl (C=O) groups is 1. The van der Waals surface area contributed by atoms with Crippen molar-refractivity contribution in [1.29, 1.82) is 0 Å². The first-order valence-corrected chi connectivity index (χ1v) is 13.3. The summed E-state index contributed by atoms with van der Waals surface area (Å²) in [5.74, 6) is 2.33. The SMILES string of the molecule is CC1(C2CCCC(C3=NC=CCC4=C3C=CC4)C2)CCC[C@H](CC(=O)Cc2ccccc2)C1.[HH].[HH].[HH]. The third-order valence-corrected chi connectivity index (χ3v) is 8.91. The van der Waals surface area contributed by atoms with Gasteiger partial charge in [0.25, 0.3) is 0 Å². The van der Waals surface area contributed by atoms with Crippen LogP contribution in [0.3, 0.4) is 0 Å². The lowest BCUT2D eigenvalue weighted by atomic mass is 9.58. The number of hydrogen-bond donors (Lipinski definition) is 0. The molecule has 4 aliphatic rings. The molecule has 1 aliphatic heterocycles. The minimum atomic E-state index is 0. The minimum absolute atomic E-state index is 0. The molecule has 0 saturated heterocycles. The molecule has 4 atom stereocenters. The fraction of sp³-hybridized carbons (Fsp3) is 0.548. The van der Waals surface area contributed by atoms with Crippen molar-refractivity contribution in [3.8, 4) is 0 Å². The number of carbonyl (C=O) groups excluding carboxylic acids is 1. The second-order valence-corrected chi connectivity index (χ2v) is 11.3. The molecule has 33 heavy (non-hydrogen) atoms. The fourth-order valence-corrected chi connectivity index (χ4v) is 7.22. The molecule has 0 bridgehead atoms. The summed E-state index contributed by atoms with van der Waals surface area (Å²) >= 11 is 0. The lowest BCUT2D eigenvalue weighted by Crippen LogP contribution is -2.38. The van der Waals surface area contributed by atoms with Gasteiger partial charge in [0.15, 0.2) is 0 Å². The average molecular weight is 448 g/mol. The summed E-state index contributed by atoms with van der Waals surface area (Å²) in [6.45, 7) is 2.54. The van der Waals surface area contributed by atoms with E-state index in [0.717, 1.165) is 30.7 Å². The second-order valence-electron chi connectivity index (χ2n) is 11.3. The lowest BCUT2D eigenvalue weighted by molar-refractivity contribution is -0.120. The predicted octanol–water partition coefficient (Wildman–Crippen LogP) is 8.54. The Kier molecular flexibility index (Phi) is 6.81. The van der Waals surface area contributed by atoms with Crippen molar-refractivity contribution in [3.05, 3.63) is 71.5 Å². The molecule has 2 heteroatoms. The first kappa shape index (κ1) is 22.6. The van der Waals surface area contributed by atoms with E-state index in [1.807, 2.05) is 18.2 Å². The van der Waals surface area contributed by atoms with E-state index in [0.29, 0.717) is 29.5 Å². The molecule has 3 unspecified atom stereocenters. The van der Waals surface area contributed by atoms with Gasteiger partial charge >= 0.3 is 0 Å². The standard InChI is InChI=1S/C31H39NO.3H2/c1-31(17-7-11-24(22-31)20-28(33)19-23-9-3-2-4-10-23)27-15-5-13-26(21-27)30-29-16-6-12-25(29)14-8-18-32-30;;;/h2-4,6,8-10,16,18,24,26-27H,5,7,11-15,17,19-22H2,1H3;3*1H/t24-,26?,27?,31?;;;/m1.../s1. The number of aliphatic imine (C=N–C) groups is 1. The Bertz CT molecular complexity index is 996. The van der Waals surface area contributed by atoms with E-state index in [1.165, 1.54) is 62.7 Å². The molecule has 180 valence electrons. The van der Waals surface area contributed by atoms with Gasteiger partial charge in [-0.2, -0.15) is 0 Å². The van der Waals surface area contributed by atoms with Crippen molar-refractivity contribution in [3.63, 3.8) is 0 Å². The van der Waals surface area contributed by atoms with E-state index in [4.69, 9.17) is 4.99 Å². The molecule has 5 rings (SSSR count). The Morgan fingerprint density at radius 1 is 1.09 bits per heavy atom. The third kappa shape index (κ3) is 5.15. The highest BCUT2D eigenvalue weighted by Crippen LogP contribution is 2.52. The lowest BCUT2D eigenvalue weighted by Gasteiger charge is -2.47. The quantitative estimate of drug-likeness (QED) is 0.429. The van der Waals surface area contributed by atoms with Gasteiger partial charge in [-0.15, -0.1) is 0 Å². The smallest absolute Gasteiger partial charge is 0.137 e. The molecule has 0 amide bonds. The molecule has 0 spiro atoms. The summed E-state index contributed by atoms with van der Waals surface area (Å²) in [6, 6.07) is 10.3. The van der Waals surface area contributed by atoms with Crippen molar-refractivity contribution >= 4 is 11.5 Å². The predicted molar refractivity (Wildman–Crippen MR) is 144 cm³/mol. The van der Waals surface area contributed by atoms with Crippen molar-refractivity contribution in [2.24, 2.45) is 28.2 Å². The van der Waals surface area contributed by atoms with Crippen LogP contribution in [0.4, 0.5) is 0 Å². The summed E-state index contributed by atoms with van der Waals surface area (Å²) in [7, 11) is 0. The number of nitrogens with zero attached hydrogens (tertiary/aromatic N) is 1. The highest BCUT2D eigenvalue weighted by atomic mass is 16.1. The van der Waals surface area contributed by atoms with Crippen LogP contribution in [0.1, 0.15) is 87.4 Å². The molecular formula is C31H45NO. The van der Waals surface area contributed by atoms with Crippen LogP contribution in [0.2, 0.25) is 0 Å². The fourth-order valence-electron chi connectivity index (χ4n) is 7.22. The van der Waals surface area contributed by atoms with Crippen LogP contribution in [-0.2, 0) is 11.2 Å². The van der Waals surface area contributed by atoms with Crippen LogP contribution in [-0.4, -0.2) is 11.5 Å². The van der Waals surface area contributed by atoms with Gasteiger partial charge in [-0.1, -0.05) is 73.9 Å². The van der Waals surface area contributed by atoms with Gasteiger partial charge in [0.1, 0.15) is 5.78 Å². The molecule has 2 saturated carbocycles. The number of hydrogen-bond acceptors (Lipinski definition) is 2. The van der Waals surface area contributed by atoms with Gasteiger partial charge in [0.05, 0.1) is 5.71 Å². The van der Waals surface area contributed by atoms with Crippen LogP contribution in [0.25, 0.3) is 0 Å². The van der Waals surface area contributed by atoms with Crippen LogP contribution in [0.15, 0.2) is 70.9 Å². The highest BCUT2D eigenvalue weighted by molar-refractivity contribution is 6.06. The number of ketones is 1. The zero-order valence-corrected chi connectivity index (χ0v) is 20.3. The minimum Gasteiger partial charge on any atom is -0.299 e. The van der Waals surface area contributed by atoms with Crippen molar-refractivity contribution in [1.82, 2.24) is 0 Å². The van der Waals surface area contributed by atoms with Gasteiger partial charge in [-0.3, -0.25) is 9.79 Å².